The molecule has 1 N–H and O–H groups in total. The topological polar surface area (TPSA) is 18.5 Å². The summed E-state index contributed by atoms with van der Waals surface area (Å²) in [6.45, 7) is 5.93. The average molecular weight is 259 g/mol. The number of hydrogen-bond donors (Lipinski definition) is 1. The quantitative estimate of drug-likeness (QED) is 0.892. The Morgan fingerprint density at radius 3 is 2.79 bits per heavy atom. The van der Waals surface area contributed by atoms with Crippen LogP contribution in [0.3, 0.4) is 0 Å². The summed E-state index contributed by atoms with van der Waals surface area (Å²) in [6.07, 6.45) is 2.68. The maximum absolute atomic E-state index is 3.63. The highest BCUT2D eigenvalue weighted by Gasteiger charge is 2.28. The molecule has 19 heavy (non-hydrogen) atoms. The standard InChI is InChI=1S/C16H25N3/c1-18-10-11-19(12-15-8-5-9-17-15)16(13-18)14-6-3-2-4-7-14/h2-4,6-7,15-17H,5,8-13H2,1H3. The fourth-order valence-corrected chi connectivity index (χ4v) is 3.36. The van der Waals surface area contributed by atoms with Gasteiger partial charge in [-0.3, -0.25) is 4.90 Å². The van der Waals surface area contributed by atoms with E-state index in [9.17, 15) is 0 Å². The zero-order chi connectivity index (χ0) is 13.1. The van der Waals surface area contributed by atoms with Crippen molar-refractivity contribution in [2.75, 3.05) is 39.8 Å². The van der Waals surface area contributed by atoms with Crippen LogP contribution in [0, 0.1) is 0 Å². The fraction of sp³-hybridized carbons (Fsp3) is 0.625. The van der Waals surface area contributed by atoms with E-state index in [4.69, 9.17) is 0 Å². The van der Waals surface area contributed by atoms with Crippen molar-refractivity contribution in [3.8, 4) is 0 Å². The lowest BCUT2D eigenvalue weighted by Gasteiger charge is -2.41. The second-order valence-electron chi connectivity index (χ2n) is 5.98. The summed E-state index contributed by atoms with van der Waals surface area (Å²) >= 11 is 0. The highest BCUT2D eigenvalue weighted by Crippen LogP contribution is 2.25. The second-order valence-corrected chi connectivity index (χ2v) is 5.98. The molecule has 1 aromatic carbocycles. The third-order valence-electron chi connectivity index (χ3n) is 4.50. The van der Waals surface area contributed by atoms with Gasteiger partial charge >= 0.3 is 0 Å². The van der Waals surface area contributed by atoms with Gasteiger partial charge in [0.15, 0.2) is 0 Å². The largest absolute Gasteiger partial charge is 0.313 e. The van der Waals surface area contributed by atoms with E-state index in [1.807, 2.05) is 0 Å². The van der Waals surface area contributed by atoms with Crippen LogP contribution in [-0.4, -0.2) is 55.6 Å². The average Bonchev–Trinajstić information content (AvgIpc) is 2.95. The summed E-state index contributed by atoms with van der Waals surface area (Å²) in [5.41, 5.74) is 1.46. The Labute approximate surface area is 116 Å². The number of hydrogen-bond acceptors (Lipinski definition) is 3. The second kappa shape index (κ2) is 6.04. The number of nitrogens with zero attached hydrogens (tertiary/aromatic N) is 2. The molecule has 2 aliphatic heterocycles. The minimum absolute atomic E-state index is 0.558. The monoisotopic (exact) mass is 259 g/mol. The van der Waals surface area contributed by atoms with Gasteiger partial charge in [0.05, 0.1) is 0 Å². The van der Waals surface area contributed by atoms with Gasteiger partial charge in [-0.25, -0.2) is 0 Å². The molecule has 2 saturated heterocycles. The molecule has 1 aromatic rings. The first-order valence-corrected chi connectivity index (χ1v) is 7.54. The smallest absolute Gasteiger partial charge is 0.0476 e. The van der Waals surface area contributed by atoms with Crippen molar-refractivity contribution >= 4 is 0 Å². The Morgan fingerprint density at radius 2 is 2.05 bits per heavy atom. The summed E-state index contributed by atoms with van der Waals surface area (Å²) < 4.78 is 0. The van der Waals surface area contributed by atoms with E-state index >= 15 is 0 Å². The van der Waals surface area contributed by atoms with E-state index in [0.29, 0.717) is 12.1 Å². The van der Waals surface area contributed by atoms with Crippen LogP contribution in [0.2, 0.25) is 0 Å². The van der Waals surface area contributed by atoms with Crippen LogP contribution in [0.5, 0.6) is 0 Å². The number of benzene rings is 1. The molecule has 2 fully saturated rings. The van der Waals surface area contributed by atoms with Crippen LogP contribution >= 0.6 is 0 Å². The van der Waals surface area contributed by atoms with Crippen molar-refractivity contribution in [1.82, 2.24) is 15.1 Å². The van der Waals surface area contributed by atoms with E-state index in [1.54, 1.807) is 0 Å². The molecule has 0 aromatic heterocycles. The van der Waals surface area contributed by atoms with Crippen LogP contribution in [0.25, 0.3) is 0 Å². The number of nitrogens with one attached hydrogen (secondary N) is 1. The molecule has 0 bridgehead atoms. The van der Waals surface area contributed by atoms with Gasteiger partial charge in [-0.05, 0) is 32.0 Å². The molecule has 2 heterocycles. The molecule has 0 spiro atoms. The van der Waals surface area contributed by atoms with Gasteiger partial charge in [-0.2, -0.15) is 0 Å². The molecular formula is C16H25N3. The molecule has 0 saturated carbocycles. The number of piperazine rings is 1. The molecule has 3 heteroatoms. The Balaban J connectivity index is 1.72. The van der Waals surface area contributed by atoms with Gasteiger partial charge in [0.2, 0.25) is 0 Å². The van der Waals surface area contributed by atoms with Gasteiger partial charge in [-0.1, -0.05) is 30.3 Å². The minimum Gasteiger partial charge on any atom is -0.313 e. The maximum atomic E-state index is 3.63. The van der Waals surface area contributed by atoms with E-state index in [2.05, 4.69) is 52.5 Å². The molecule has 2 unspecified atom stereocenters. The molecule has 3 nitrogen and oxygen atoms in total. The SMILES string of the molecule is CN1CCN(CC2CCCN2)C(c2ccccc2)C1. The van der Waals surface area contributed by atoms with Crippen molar-refractivity contribution in [3.63, 3.8) is 0 Å². The van der Waals surface area contributed by atoms with Crippen LogP contribution in [0.15, 0.2) is 30.3 Å². The molecule has 0 radical (unpaired) electrons. The first kappa shape index (κ1) is 13.1. The van der Waals surface area contributed by atoms with Crippen molar-refractivity contribution in [2.24, 2.45) is 0 Å². The predicted molar refractivity (Wildman–Crippen MR) is 79.3 cm³/mol. The Hall–Kier alpha value is -0.900. The van der Waals surface area contributed by atoms with Crippen LogP contribution in [-0.2, 0) is 0 Å². The predicted octanol–water partition coefficient (Wildman–Crippen LogP) is 1.73. The van der Waals surface area contributed by atoms with E-state index < -0.39 is 0 Å². The number of likely N-dealkylation sites (N-methyl/N-ethyl adjacent to an activating group) is 1. The third-order valence-corrected chi connectivity index (χ3v) is 4.50. The highest BCUT2D eigenvalue weighted by atomic mass is 15.3. The van der Waals surface area contributed by atoms with Crippen molar-refractivity contribution in [2.45, 2.75) is 24.9 Å². The summed E-state index contributed by atoms with van der Waals surface area (Å²) in [5, 5.41) is 3.63. The van der Waals surface area contributed by atoms with Gasteiger partial charge < -0.3 is 10.2 Å². The van der Waals surface area contributed by atoms with Gasteiger partial charge in [0, 0.05) is 38.3 Å². The number of rotatable bonds is 3. The van der Waals surface area contributed by atoms with E-state index in [0.717, 1.165) is 6.54 Å². The van der Waals surface area contributed by atoms with Gasteiger partial charge in [0.1, 0.15) is 0 Å². The zero-order valence-electron chi connectivity index (χ0n) is 11.9. The summed E-state index contributed by atoms with van der Waals surface area (Å²) in [5.74, 6) is 0. The Kier molecular flexibility index (Phi) is 4.16. The normalized spacial score (nSPS) is 29.7. The van der Waals surface area contributed by atoms with E-state index in [-0.39, 0.29) is 0 Å². The maximum Gasteiger partial charge on any atom is 0.0476 e. The molecule has 104 valence electrons. The first-order chi connectivity index (χ1) is 9.33. The van der Waals surface area contributed by atoms with Gasteiger partial charge in [0.25, 0.3) is 0 Å². The summed E-state index contributed by atoms with van der Waals surface area (Å²) in [7, 11) is 2.24. The molecular weight excluding hydrogens is 234 g/mol. The Morgan fingerprint density at radius 1 is 1.21 bits per heavy atom. The minimum atomic E-state index is 0.558. The summed E-state index contributed by atoms with van der Waals surface area (Å²) in [4.78, 5) is 5.13. The highest BCUT2D eigenvalue weighted by molar-refractivity contribution is 5.20. The molecule has 0 aliphatic carbocycles. The molecule has 2 aliphatic rings. The summed E-state index contributed by atoms with van der Waals surface area (Å²) in [6, 6.07) is 12.2. The lowest BCUT2D eigenvalue weighted by Crippen LogP contribution is -2.50. The van der Waals surface area contributed by atoms with Crippen molar-refractivity contribution < 1.29 is 0 Å². The van der Waals surface area contributed by atoms with Crippen LogP contribution in [0.1, 0.15) is 24.4 Å². The molecule has 3 rings (SSSR count). The van der Waals surface area contributed by atoms with Gasteiger partial charge in [-0.15, -0.1) is 0 Å². The lowest BCUT2D eigenvalue weighted by atomic mass is 10.0. The van der Waals surface area contributed by atoms with E-state index in [1.165, 1.54) is 44.6 Å². The first-order valence-electron chi connectivity index (χ1n) is 7.54. The molecule has 0 amide bonds. The van der Waals surface area contributed by atoms with Crippen LogP contribution < -0.4 is 5.32 Å². The Bertz CT molecular complexity index is 386. The molecule has 2 atom stereocenters. The third kappa shape index (κ3) is 3.16. The van der Waals surface area contributed by atoms with Crippen molar-refractivity contribution in [1.29, 1.82) is 0 Å². The van der Waals surface area contributed by atoms with Crippen LogP contribution in [0.4, 0.5) is 0 Å². The lowest BCUT2D eigenvalue weighted by molar-refractivity contribution is 0.0824. The van der Waals surface area contributed by atoms with Crippen molar-refractivity contribution in [3.05, 3.63) is 35.9 Å². The zero-order valence-corrected chi connectivity index (χ0v) is 11.9. The fourth-order valence-electron chi connectivity index (χ4n) is 3.36.